The highest BCUT2D eigenvalue weighted by molar-refractivity contribution is 6.83. The van der Waals surface area contributed by atoms with E-state index in [0.29, 0.717) is 0 Å². The number of rotatable bonds is 6. The number of hydrogen-bond acceptors (Lipinski definition) is 0. The van der Waals surface area contributed by atoms with Crippen molar-refractivity contribution in [3.05, 3.63) is 24.3 Å². The SMILES string of the molecule is C=CC/C(=C\CCCC)CC#C[Si](C)(C)C. The van der Waals surface area contributed by atoms with Gasteiger partial charge in [0.2, 0.25) is 0 Å². The molecule has 0 aromatic rings. The Balaban J connectivity index is 4.26. The van der Waals surface area contributed by atoms with Gasteiger partial charge in [0, 0.05) is 6.42 Å². The van der Waals surface area contributed by atoms with E-state index in [0.717, 1.165) is 12.8 Å². The van der Waals surface area contributed by atoms with Crippen LogP contribution in [0.3, 0.4) is 0 Å². The minimum atomic E-state index is -1.20. The highest BCUT2D eigenvalue weighted by Crippen LogP contribution is 2.10. The molecule has 0 atom stereocenters. The summed E-state index contributed by atoms with van der Waals surface area (Å²) < 4.78 is 0. The first-order valence-electron chi connectivity index (χ1n) is 6.28. The fourth-order valence-electron chi connectivity index (χ4n) is 1.35. The van der Waals surface area contributed by atoms with Crippen molar-refractivity contribution in [1.29, 1.82) is 0 Å². The van der Waals surface area contributed by atoms with Crippen LogP contribution in [-0.2, 0) is 0 Å². The van der Waals surface area contributed by atoms with Crippen LogP contribution in [0.5, 0.6) is 0 Å². The van der Waals surface area contributed by atoms with Gasteiger partial charge in [-0.15, -0.1) is 18.0 Å². The van der Waals surface area contributed by atoms with Crippen LogP contribution in [0.2, 0.25) is 19.6 Å². The second-order valence-corrected chi connectivity index (χ2v) is 9.98. The first kappa shape index (κ1) is 15.3. The van der Waals surface area contributed by atoms with Gasteiger partial charge in [-0.25, -0.2) is 0 Å². The van der Waals surface area contributed by atoms with Crippen LogP contribution in [0.15, 0.2) is 24.3 Å². The standard InChI is InChI=1S/C15H26Si/c1-6-8-9-12-15(11-7-2)13-10-14-16(3,4)5/h7,12H,2,6,8-9,11,13H2,1,3-5H3/b15-12+. The molecule has 16 heavy (non-hydrogen) atoms. The normalized spacial score (nSPS) is 11.9. The molecule has 0 bridgehead atoms. The molecule has 0 heterocycles. The smallest absolute Gasteiger partial charge is 0.129 e. The Morgan fingerprint density at radius 2 is 2.00 bits per heavy atom. The average Bonchev–Trinajstić information content (AvgIpc) is 2.16. The molecule has 0 aliphatic rings. The Kier molecular flexibility index (Phi) is 8.02. The Hall–Kier alpha value is -0.743. The molecule has 90 valence electrons. The molecule has 0 saturated carbocycles. The second kappa shape index (κ2) is 8.41. The van der Waals surface area contributed by atoms with E-state index in [-0.39, 0.29) is 0 Å². The van der Waals surface area contributed by atoms with Gasteiger partial charge < -0.3 is 0 Å². The van der Waals surface area contributed by atoms with Crippen molar-refractivity contribution in [1.82, 2.24) is 0 Å². The van der Waals surface area contributed by atoms with E-state index >= 15 is 0 Å². The molecule has 0 spiro atoms. The summed E-state index contributed by atoms with van der Waals surface area (Å²) in [7, 11) is -1.20. The lowest BCUT2D eigenvalue weighted by Crippen LogP contribution is -2.16. The lowest BCUT2D eigenvalue weighted by atomic mass is 10.1. The first-order valence-corrected chi connectivity index (χ1v) is 9.78. The summed E-state index contributed by atoms with van der Waals surface area (Å²) in [4.78, 5) is 0. The van der Waals surface area contributed by atoms with Gasteiger partial charge in [0.1, 0.15) is 8.07 Å². The number of hydrogen-bond donors (Lipinski definition) is 0. The maximum Gasteiger partial charge on any atom is 0.129 e. The van der Waals surface area contributed by atoms with Crippen molar-refractivity contribution in [3.8, 4) is 11.5 Å². The molecular formula is C15H26Si. The molecule has 1 heteroatoms. The lowest BCUT2D eigenvalue weighted by Gasteiger charge is -2.04. The fraction of sp³-hybridized carbons (Fsp3) is 0.600. The van der Waals surface area contributed by atoms with Gasteiger partial charge in [0.05, 0.1) is 0 Å². The van der Waals surface area contributed by atoms with Gasteiger partial charge in [0.25, 0.3) is 0 Å². The van der Waals surface area contributed by atoms with Crippen molar-refractivity contribution < 1.29 is 0 Å². The predicted molar refractivity (Wildman–Crippen MR) is 78.2 cm³/mol. The van der Waals surface area contributed by atoms with E-state index in [1.165, 1.54) is 24.8 Å². The minimum Gasteiger partial charge on any atom is -0.132 e. The van der Waals surface area contributed by atoms with Crippen LogP contribution in [0.25, 0.3) is 0 Å². The second-order valence-electron chi connectivity index (χ2n) is 5.23. The molecule has 0 N–H and O–H groups in total. The van der Waals surface area contributed by atoms with Crippen molar-refractivity contribution in [3.63, 3.8) is 0 Å². The van der Waals surface area contributed by atoms with Crippen LogP contribution in [0, 0.1) is 11.5 Å². The van der Waals surface area contributed by atoms with Gasteiger partial charge in [-0.05, 0) is 12.8 Å². The van der Waals surface area contributed by atoms with E-state index in [1.54, 1.807) is 0 Å². The van der Waals surface area contributed by atoms with Gasteiger partial charge in [-0.2, -0.15) is 0 Å². The van der Waals surface area contributed by atoms with Gasteiger partial charge >= 0.3 is 0 Å². The summed E-state index contributed by atoms with van der Waals surface area (Å²) >= 11 is 0. The van der Waals surface area contributed by atoms with E-state index in [9.17, 15) is 0 Å². The third kappa shape index (κ3) is 9.80. The highest BCUT2D eigenvalue weighted by Gasteiger charge is 2.07. The van der Waals surface area contributed by atoms with E-state index < -0.39 is 8.07 Å². The van der Waals surface area contributed by atoms with Gasteiger partial charge in [0.15, 0.2) is 0 Å². The number of allylic oxidation sites excluding steroid dienone is 3. The molecule has 0 amide bonds. The van der Waals surface area contributed by atoms with Crippen LogP contribution in [0.1, 0.15) is 39.0 Å². The minimum absolute atomic E-state index is 0.931. The van der Waals surface area contributed by atoms with E-state index in [1.807, 2.05) is 6.08 Å². The Labute approximate surface area is 103 Å². The summed E-state index contributed by atoms with van der Waals surface area (Å²) in [5.74, 6) is 3.33. The number of unbranched alkanes of at least 4 members (excludes halogenated alkanes) is 2. The maximum atomic E-state index is 3.81. The summed E-state index contributed by atoms with van der Waals surface area (Å²) in [6, 6.07) is 0. The van der Waals surface area contributed by atoms with E-state index in [2.05, 4.69) is 50.7 Å². The Morgan fingerprint density at radius 3 is 2.50 bits per heavy atom. The predicted octanol–water partition coefficient (Wildman–Crippen LogP) is 4.95. The summed E-state index contributed by atoms with van der Waals surface area (Å²) in [6.45, 7) is 12.9. The molecule has 0 rings (SSSR count). The van der Waals surface area contributed by atoms with Crippen molar-refractivity contribution in [2.45, 2.75) is 58.7 Å². The molecule has 0 unspecified atom stereocenters. The average molecular weight is 234 g/mol. The zero-order valence-corrected chi connectivity index (χ0v) is 12.4. The molecule has 0 aliphatic carbocycles. The molecular weight excluding hydrogens is 208 g/mol. The Bertz CT molecular complexity index is 281. The van der Waals surface area contributed by atoms with Crippen LogP contribution >= 0.6 is 0 Å². The summed E-state index contributed by atoms with van der Waals surface area (Å²) in [5, 5.41) is 0. The molecule has 0 saturated heterocycles. The largest absolute Gasteiger partial charge is 0.132 e. The van der Waals surface area contributed by atoms with Crippen molar-refractivity contribution in [2.75, 3.05) is 0 Å². The van der Waals surface area contributed by atoms with Crippen LogP contribution in [-0.4, -0.2) is 8.07 Å². The zero-order chi connectivity index (χ0) is 12.4. The van der Waals surface area contributed by atoms with Crippen molar-refractivity contribution >= 4 is 8.07 Å². The monoisotopic (exact) mass is 234 g/mol. The third-order valence-corrected chi connectivity index (χ3v) is 3.10. The molecule has 0 aliphatic heterocycles. The summed E-state index contributed by atoms with van der Waals surface area (Å²) in [5.41, 5.74) is 4.85. The van der Waals surface area contributed by atoms with Crippen molar-refractivity contribution in [2.24, 2.45) is 0 Å². The molecule has 0 fully saturated rings. The van der Waals surface area contributed by atoms with Crippen LogP contribution in [0.4, 0.5) is 0 Å². The maximum absolute atomic E-state index is 3.81. The first-order chi connectivity index (χ1) is 7.49. The van der Waals surface area contributed by atoms with Crippen LogP contribution < -0.4 is 0 Å². The highest BCUT2D eigenvalue weighted by atomic mass is 28.3. The van der Waals surface area contributed by atoms with Gasteiger partial charge in [-0.1, -0.05) is 57.1 Å². The fourth-order valence-corrected chi connectivity index (χ4v) is 1.96. The van der Waals surface area contributed by atoms with E-state index in [4.69, 9.17) is 0 Å². The third-order valence-electron chi connectivity index (χ3n) is 2.18. The summed E-state index contributed by atoms with van der Waals surface area (Å²) in [6.07, 6.45) is 9.98. The zero-order valence-electron chi connectivity index (χ0n) is 11.4. The quantitative estimate of drug-likeness (QED) is 0.264. The molecule has 0 radical (unpaired) electrons. The van der Waals surface area contributed by atoms with Gasteiger partial charge in [-0.3, -0.25) is 0 Å². The molecule has 0 nitrogen and oxygen atoms in total. The molecule has 0 aromatic carbocycles. The Morgan fingerprint density at radius 1 is 1.31 bits per heavy atom. The topological polar surface area (TPSA) is 0 Å². The lowest BCUT2D eigenvalue weighted by molar-refractivity contribution is 0.807. The molecule has 0 aromatic heterocycles.